The standard InChI is InChI=1S/C25H31ClFN5O2/c1-30-10-12-32(13-11-30)23(18-5-8-22-17(14-18)4-3-9-31(22)2)16-28-24(33)25(34)29-19-6-7-21(27)20(26)15-19/h5-8,14-15,23H,3-4,9-13,16H2,1-2H3,(H,28,33)(H,29,34). The molecule has 1 saturated heterocycles. The summed E-state index contributed by atoms with van der Waals surface area (Å²) in [5.41, 5.74) is 3.99. The summed E-state index contributed by atoms with van der Waals surface area (Å²) in [6, 6.07) is 10.3. The van der Waals surface area contributed by atoms with Crippen molar-refractivity contribution >= 4 is 34.8 Å². The minimum Gasteiger partial charge on any atom is -0.374 e. The van der Waals surface area contributed by atoms with Crippen LogP contribution in [0.15, 0.2) is 36.4 Å². The number of rotatable bonds is 5. The van der Waals surface area contributed by atoms with E-state index >= 15 is 0 Å². The predicted octanol–water partition coefficient (Wildman–Crippen LogP) is 2.90. The highest BCUT2D eigenvalue weighted by Crippen LogP contribution is 2.31. The smallest absolute Gasteiger partial charge is 0.313 e. The number of likely N-dealkylation sites (N-methyl/N-ethyl adjacent to an activating group) is 1. The molecule has 0 spiro atoms. The lowest BCUT2D eigenvalue weighted by Gasteiger charge is -2.39. The summed E-state index contributed by atoms with van der Waals surface area (Å²) in [5.74, 6) is -2.14. The van der Waals surface area contributed by atoms with Gasteiger partial charge in [-0.1, -0.05) is 23.7 Å². The molecule has 0 aromatic heterocycles. The normalized spacial score (nSPS) is 17.7. The Labute approximate surface area is 204 Å². The van der Waals surface area contributed by atoms with E-state index in [4.69, 9.17) is 11.6 Å². The highest BCUT2D eigenvalue weighted by molar-refractivity contribution is 6.39. The Kier molecular flexibility index (Phi) is 7.70. The number of amides is 2. The zero-order valence-electron chi connectivity index (χ0n) is 19.6. The minimum atomic E-state index is -0.813. The molecule has 0 saturated carbocycles. The second-order valence-electron chi connectivity index (χ2n) is 9.06. The van der Waals surface area contributed by atoms with Crippen molar-refractivity contribution in [2.24, 2.45) is 0 Å². The number of hydrogen-bond acceptors (Lipinski definition) is 5. The van der Waals surface area contributed by atoms with E-state index in [9.17, 15) is 14.0 Å². The number of hydrogen-bond donors (Lipinski definition) is 2. The molecule has 2 aromatic carbocycles. The van der Waals surface area contributed by atoms with Crippen LogP contribution in [0.1, 0.15) is 23.6 Å². The fourth-order valence-corrected chi connectivity index (χ4v) is 4.82. The van der Waals surface area contributed by atoms with Gasteiger partial charge in [-0.15, -0.1) is 0 Å². The van der Waals surface area contributed by atoms with E-state index in [2.05, 4.69) is 57.6 Å². The van der Waals surface area contributed by atoms with E-state index in [0.717, 1.165) is 57.2 Å². The largest absolute Gasteiger partial charge is 0.374 e. The van der Waals surface area contributed by atoms with Crippen LogP contribution in [0.2, 0.25) is 5.02 Å². The van der Waals surface area contributed by atoms with Crippen LogP contribution in [0.25, 0.3) is 0 Å². The molecule has 1 atom stereocenters. The van der Waals surface area contributed by atoms with Gasteiger partial charge in [0, 0.05) is 57.7 Å². The van der Waals surface area contributed by atoms with Gasteiger partial charge in [0.25, 0.3) is 0 Å². The highest BCUT2D eigenvalue weighted by Gasteiger charge is 2.27. The molecule has 1 unspecified atom stereocenters. The van der Waals surface area contributed by atoms with E-state index in [1.165, 1.54) is 23.4 Å². The summed E-state index contributed by atoms with van der Waals surface area (Å²) >= 11 is 5.76. The van der Waals surface area contributed by atoms with Crippen LogP contribution < -0.4 is 15.5 Å². The lowest BCUT2D eigenvalue weighted by Crippen LogP contribution is -2.49. The molecule has 2 heterocycles. The number of carbonyl (C=O) groups is 2. The number of aryl methyl sites for hydroxylation is 1. The third-order valence-corrected chi connectivity index (χ3v) is 6.95. The molecule has 2 aliphatic heterocycles. The first-order valence-electron chi connectivity index (χ1n) is 11.6. The number of anilines is 2. The first-order valence-corrected chi connectivity index (χ1v) is 12.0. The van der Waals surface area contributed by atoms with E-state index in [-0.39, 0.29) is 16.8 Å². The predicted molar refractivity (Wildman–Crippen MR) is 133 cm³/mol. The van der Waals surface area contributed by atoms with Gasteiger partial charge < -0.3 is 20.4 Å². The summed E-state index contributed by atoms with van der Waals surface area (Å²) in [4.78, 5) is 31.9. The first-order chi connectivity index (χ1) is 16.3. The molecule has 2 aliphatic rings. The minimum absolute atomic E-state index is 0.0387. The molecule has 34 heavy (non-hydrogen) atoms. The highest BCUT2D eigenvalue weighted by atomic mass is 35.5. The number of halogens is 2. The van der Waals surface area contributed by atoms with E-state index in [0.29, 0.717) is 6.54 Å². The Bertz CT molecular complexity index is 1060. The Hall–Kier alpha value is -2.68. The summed E-state index contributed by atoms with van der Waals surface area (Å²) in [6.45, 7) is 5.03. The van der Waals surface area contributed by atoms with Crippen LogP contribution in [0.5, 0.6) is 0 Å². The molecule has 2 N–H and O–H groups in total. The summed E-state index contributed by atoms with van der Waals surface area (Å²) < 4.78 is 13.4. The lowest BCUT2D eigenvalue weighted by atomic mass is 9.95. The van der Waals surface area contributed by atoms with Crippen molar-refractivity contribution in [1.82, 2.24) is 15.1 Å². The Morgan fingerprint density at radius 1 is 1.03 bits per heavy atom. The monoisotopic (exact) mass is 487 g/mol. The maximum atomic E-state index is 13.4. The summed E-state index contributed by atoms with van der Waals surface area (Å²) in [5, 5.41) is 5.16. The molecular formula is C25H31ClFN5O2. The molecule has 9 heteroatoms. The quantitative estimate of drug-likeness (QED) is 0.635. The molecule has 4 rings (SSSR count). The van der Waals surface area contributed by atoms with Gasteiger partial charge in [0.2, 0.25) is 0 Å². The number of nitrogens with one attached hydrogen (secondary N) is 2. The second kappa shape index (κ2) is 10.7. The average molecular weight is 488 g/mol. The fraction of sp³-hybridized carbons (Fsp3) is 0.440. The Morgan fingerprint density at radius 3 is 2.53 bits per heavy atom. The van der Waals surface area contributed by atoms with Gasteiger partial charge in [-0.05, 0) is 55.3 Å². The fourth-order valence-electron chi connectivity index (χ4n) is 4.64. The molecule has 2 aromatic rings. The maximum absolute atomic E-state index is 13.4. The molecule has 0 radical (unpaired) electrons. The summed E-state index contributed by atoms with van der Waals surface area (Å²) in [7, 11) is 4.22. The van der Waals surface area contributed by atoms with Gasteiger partial charge in [0.05, 0.1) is 11.1 Å². The van der Waals surface area contributed by atoms with Crippen molar-refractivity contribution in [3.05, 3.63) is 58.4 Å². The van der Waals surface area contributed by atoms with Gasteiger partial charge in [0.15, 0.2) is 0 Å². The van der Waals surface area contributed by atoms with Crippen molar-refractivity contribution in [2.75, 3.05) is 63.6 Å². The van der Waals surface area contributed by atoms with Gasteiger partial charge in [-0.3, -0.25) is 14.5 Å². The van der Waals surface area contributed by atoms with Crippen LogP contribution in [-0.2, 0) is 16.0 Å². The number of carbonyl (C=O) groups excluding carboxylic acids is 2. The van der Waals surface area contributed by atoms with Gasteiger partial charge in [-0.2, -0.15) is 0 Å². The van der Waals surface area contributed by atoms with Gasteiger partial charge in [0.1, 0.15) is 5.82 Å². The van der Waals surface area contributed by atoms with Crippen molar-refractivity contribution < 1.29 is 14.0 Å². The van der Waals surface area contributed by atoms with Crippen LogP contribution in [0, 0.1) is 5.82 Å². The third kappa shape index (κ3) is 5.68. The topological polar surface area (TPSA) is 67.9 Å². The van der Waals surface area contributed by atoms with Crippen LogP contribution in [0.4, 0.5) is 15.8 Å². The van der Waals surface area contributed by atoms with Crippen molar-refractivity contribution in [1.29, 1.82) is 0 Å². The molecular weight excluding hydrogens is 457 g/mol. The number of piperazine rings is 1. The number of benzene rings is 2. The third-order valence-electron chi connectivity index (χ3n) is 6.66. The molecule has 2 amide bonds. The molecule has 1 fully saturated rings. The summed E-state index contributed by atoms with van der Waals surface area (Å²) in [6.07, 6.45) is 2.16. The number of fused-ring (bicyclic) bond motifs is 1. The van der Waals surface area contributed by atoms with Gasteiger partial charge in [-0.25, -0.2) is 4.39 Å². The van der Waals surface area contributed by atoms with E-state index < -0.39 is 17.6 Å². The molecule has 7 nitrogen and oxygen atoms in total. The van der Waals surface area contributed by atoms with Crippen LogP contribution >= 0.6 is 11.6 Å². The lowest BCUT2D eigenvalue weighted by molar-refractivity contribution is -0.136. The molecule has 0 aliphatic carbocycles. The van der Waals surface area contributed by atoms with Crippen LogP contribution in [-0.4, -0.2) is 75.0 Å². The Balaban J connectivity index is 1.47. The average Bonchev–Trinajstić information content (AvgIpc) is 2.82. The van der Waals surface area contributed by atoms with E-state index in [1.807, 2.05) is 0 Å². The zero-order chi connectivity index (χ0) is 24.2. The second-order valence-corrected chi connectivity index (χ2v) is 9.47. The zero-order valence-corrected chi connectivity index (χ0v) is 20.4. The number of nitrogens with zero attached hydrogens (tertiary/aromatic N) is 3. The van der Waals surface area contributed by atoms with E-state index in [1.54, 1.807) is 0 Å². The van der Waals surface area contributed by atoms with Crippen molar-refractivity contribution in [3.8, 4) is 0 Å². The Morgan fingerprint density at radius 2 is 1.79 bits per heavy atom. The van der Waals surface area contributed by atoms with Crippen molar-refractivity contribution in [3.63, 3.8) is 0 Å². The molecule has 182 valence electrons. The molecule has 0 bridgehead atoms. The first kappa shape index (κ1) is 24.4. The maximum Gasteiger partial charge on any atom is 0.313 e. The SMILES string of the molecule is CN1CCN(C(CNC(=O)C(=O)Nc2ccc(F)c(Cl)c2)c2ccc3c(c2)CCCN3C)CC1. The van der Waals surface area contributed by atoms with Crippen LogP contribution in [0.3, 0.4) is 0 Å². The van der Waals surface area contributed by atoms with Gasteiger partial charge >= 0.3 is 11.8 Å². The van der Waals surface area contributed by atoms with Crippen molar-refractivity contribution in [2.45, 2.75) is 18.9 Å².